The predicted molar refractivity (Wildman–Crippen MR) is 95.3 cm³/mol. The van der Waals surface area contributed by atoms with E-state index in [2.05, 4.69) is 0 Å². The van der Waals surface area contributed by atoms with Crippen molar-refractivity contribution in [1.29, 1.82) is 0 Å². The highest BCUT2D eigenvalue weighted by Gasteiger charge is 2.31. The molecule has 3 nitrogen and oxygen atoms in total. The van der Waals surface area contributed by atoms with Crippen molar-refractivity contribution in [2.45, 2.75) is 44.3 Å². The zero-order valence-electron chi connectivity index (χ0n) is 14.8. The molecular formula is C19H22ClF3O3. The molecule has 0 spiro atoms. The fourth-order valence-electron chi connectivity index (χ4n) is 2.22. The lowest BCUT2D eigenvalue weighted by molar-refractivity contribution is -0.146. The maximum Gasteiger partial charge on any atom is 0.416 e. The van der Waals surface area contributed by atoms with E-state index in [1.54, 1.807) is 18.2 Å². The van der Waals surface area contributed by atoms with Crippen LogP contribution in [0.2, 0.25) is 0 Å². The molecule has 0 fully saturated rings. The van der Waals surface area contributed by atoms with E-state index in [1.165, 1.54) is 19.2 Å². The Labute approximate surface area is 156 Å². The summed E-state index contributed by atoms with van der Waals surface area (Å²) in [4.78, 5) is 12.0. The Balaban J connectivity index is 0.00000163. The Kier molecular flexibility index (Phi) is 8.72. The van der Waals surface area contributed by atoms with Crippen molar-refractivity contribution in [3.8, 4) is 5.75 Å². The number of rotatable bonds is 4. The lowest BCUT2D eigenvalue weighted by Gasteiger charge is -2.19. The first-order chi connectivity index (χ1) is 12.3. The number of halogens is 4. The zero-order valence-corrected chi connectivity index (χ0v) is 15.6. The van der Waals surface area contributed by atoms with E-state index in [4.69, 9.17) is 21.1 Å². The molecule has 0 saturated carbocycles. The number of hydrogen-bond donors (Lipinski definition) is 0. The molecule has 7 heteroatoms. The molecule has 0 saturated heterocycles. The van der Waals surface area contributed by atoms with E-state index >= 15 is 0 Å². The molecule has 0 bridgehead atoms. The first kappa shape index (κ1) is 22.1. The van der Waals surface area contributed by atoms with Gasteiger partial charge in [-0.05, 0) is 36.6 Å². The average molecular weight is 391 g/mol. The lowest BCUT2D eigenvalue weighted by Crippen LogP contribution is -2.30. The fraction of sp³-hybridized carbons (Fsp3) is 0.421. The van der Waals surface area contributed by atoms with Gasteiger partial charge >= 0.3 is 12.1 Å². The molecule has 2 rings (SSSR count). The summed E-state index contributed by atoms with van der Waals surface area (Å²) in [5, 5.41) is -0.175. The van der Waals surface area contributed by atoms with Gasteiger partial charge in [0.2, 0.25) is 6.10 Å². The van der Waals surface area contributed by atoms with Gasteiger partial charge in [-0.15, -0.1) is 11.6 Å². The van der Waals surface area contributed by atoms with Crippen LogP contribution in [0.1, 0.15) is 32.3 Å². The van der Waals surface area contributed by atoms with Crippen molar-refractivity contribution >= 4 is 17.6 Å². The Morgan fingerprint density at radius 3 is 2.62 bits per heavy atom. The summed E-state index contributed by atoms with van der Waals surface area (Å²) in [6.45, 7) is 4.00. The number of methoxy groups -OCH3 is 1. The summed E-state index contributed by atoms with van der Waals surface area (Å²) in [5.41, 5.74) is -0.350. The Bertz CT molecular complexity index is 654. The van der Waals surface area contributed by atoms with Crippen LogP contribution in [0.15, 0.2) is 48.1 Å². The number of carbonyl (C=O) groups is 1. The number of esters is 1. The minimum atomic E-state index is -4.49. The first-order valence-corrected chi connectivity index (χ1v) is 8.69. The zero-order chi connectivity index (χ0) is 19.7. The second kappa shape index (κ2) is 10.3. The number of benzene rings is 1. The summed E-state index contributed by atoms with van der Waals surface area (Å²) in [7, 11) is 1.19. The molecule has 1 aliphatic rings. The van der Waals surface area contributed by atoms with Gasteiger partial charge < -0.3 is 9.47 Å². The van der Waals surface area contributed by atoms with E-state index in [-0.39, 0.29) is 11.1 Å². The average Bonchev–Trinajstić information content (AvgIpc) is 2.85. The van der Waals surface area contributed by atoms with Gasteiger partial charge in [-0.2, -0.15) is 13.2 Å². The van der Waals surface area contributed by atoms with Crippen LogP contribution < -0.4 is 4.74 Å². The van der Waals surface area contributed by atoms with Crippen molar-refractivity contribution in [2.24, 2.45) is 0 Å². The van der Waals surface area contributed by atoms with Crippen LogP contribution in [0.25, 0.3) is 0 Å². The van der Waals surface area contributed by atoms with Crippen LogP contribution >= 0.6 is 11.6 Å². The van der Waals surface area contributed by atoms with Crippen molar-refractivity contribution in [3.63, 3.8) is 0 Å². The quantitative estimate of drug-likeness (QED) is 0.500. The highest BCUT2D eigenvalue weighted by Crippen LogP contribution is 2.32. The molecule has 0 N–H and O–H groups in total. The molecule has 1 aromatic rings. The number of carbonyl (C=O) groups excluding carboxylic acids is 1. The van der Waals surface area contributed by atoms with Crippen LogP contribution in [0, 0.1) is 0 Å². The van der Waals surface area contributed by atoms with E-state index in [0.29, 0.717) is 18.4 Å². The predicted octanol–water partition coefficient (Wildman–Crippen LogP) is 5.54. The largest absolute Gasteiger partial charge is 0.474 e. The summed E-state index contributed by atoms with van der Waals surface area (Å²) in [6.07, 6.45) is 0.791. The van der Waals surface area contributed by atoms with Gasteiger partial charge in [-0.3, -0.25) is 0 Å². The first-order valence-electron chi connectivity index (χ1n) is 8.25. The van der Waals surface area contributed by atoms with Crippen molar-refractivity contribution in [1.82, 2.24) is 0 Å². The highest BCUT2D eigenvalue weighted by molar-refractivity contribution is 6.21. The normalized spacial score (nSPS) is 18.0. The summed E-state index contributed by atoms with van der Waals surface area (Å²) in [5.74, 6) is -0.766. The van der Waals surface area contributed by atoms with Crippen molar-refractivity contribution in [3.05, 3.63) is 53.6 Å². The van der Waals surface area contributed by atoms with Gasteiger partial charge in [0.05, 0.1) is 18.1 Å². The molecule has 1 aromatic carbocycles. The standard InChI is InChI=1S/C17H16ClF3O3.C2H6/c1-23-16(22)15(11-4-2-6-13(18)9-8-11)24-14-7-3-5-12(10-14)17(19,20)21;1-2/h3-5,7-10,13,15H,2,6H2,1H3;1-2H3. The van der Waals surface area contributed by atoms with Gasteiger partial charge in [0.25, 0.3) is 0 Å². The van der Waals surface area contributed by atoms with Crippen LogP contribution in [0.4, 0.5) is 13.2 Å². The van der Waals surface area contributed by atoms with Crippen LogP contribution in [-0.4, -0.2) is 24.6 Å². The second-order valence-electron chi connectivity index (χ2n) is 5.20. The second-order valence-corrected chi connectivity index (χ2v) is 5.76. The maximum atomic E-state index is 12.8. The lowest BCUT2D eigenvalue weighted by atomic mass is 10.1. The van der Waals surface area contributed by atoms with Crippen LogP contribution in [0.3, 0.4) is 0 Å². The molecule has 0 heterocycles. The number of allylic oxidation sites excluding steroid dienone is 2. The van der Waals surface area contributed by atoms with Gasteiger partial charge in [0.15, 0.2) is 0 Å². The van der Waals surface area contributed by atoms with Gasteiger partial charge in [0.1, 0.15) is 5.75 Å². The third-order valence-electron chi connectivity index (χ3n) is 3.45. The molecule has 0 radical (unpaired) electrons. The summed E-state index contributed by atoms with van der Waals surface area (Å²) >= 11 is 6.03. The third-order valence-corrected chi connectivity index (χ3v) is 3.82. The molecule has 1 aliphatic carbocycles. The summed E-state index contributed by atoms with van der Waals surface area (Å²) < 4.78 is 48.6. The smallest absolute Gasteiger partial charge is 0.416 e. The van der Waals surface area contributed by atoms with Crippen LogP contribution in [0.5, 0.6) is 5.75 Å². The molecule has 2 unspecified atom stereocenters. The Hall–Kier alpha value is -1.95. The molecular weight excluding hydrogens is 369 g/mol. The fourth-order valence-corrected chi connectivity index (χ4v) is 2.42. The minimum absolute atomic E-state index is 0.0683. The van der Waals surface area contributed by atoms with Crippen molar-refractivity contribution < 1.29 is 27.4 Å². The highest BCUT2D eigenvalue weighted by atomic mass is 35.5. The Morgan fingerprint density at radius 2 is 2.00 bits per heavy atom. The Morgan fingerprint density at radius 1 is 1.31 bits per heavy atom. The van der Waals surface area contributed by atoms with Gasteiger partial charge in [0, 0.05) is 0 Å². The molecule has 0 aliphatic heterocycles. The molecule has 26 heavy (non-hydrogen) atoms. The SMILES string of the molecule is CC.COC(=O)C(Oc1cccc(C(F)(F)F)c1)C1=CCCC(Cl)C=C1. The van der Waals surface area contributed by atoms with E-state index < -0.39 is 23.8 Å². The molecule has 0 aromatic heterocycles. The van der Waals surface area contributed by atoms with E-state index in [0.717, 1.165) is 12.1 Å². The number of ether oxygens (including phenoxy) is 2. The topological polar surface area (TPSA) is 35.5 Å². The number of hydrogen-bond acceptors (Lipinski definition) is 3. The minimum Gasteiger partial charge on any atom is -0.474 e. The third kappa shape index (κ3) is 6.41. The van der Waals surface area contributed by atoms with Crippen molar-refractivity contribution in [2.75, 3.05) is 7.11 Å². The van der Waals surface area contributed by atoms with Crippen LogP contribution in [-0.2, 0) is 15.7 Å². The molecule has 2 atom stereocenters. The summed E-state index contributed by atoms with van der Waals surface area (Å²) in [6, 6.07) is 4.36. The van der Waals surface area contributed by atoms with Gasteiger partial charge in [-0.25, -0.2) is 4.79 Å². The molecule has 0 amide bonds. The number of alkyl halides is 4. The van der Waals surface area contributed by atoms with E-state index in [9.17, 15) is 18.0 Å². The molecule has 144 valence electrons. The monoisotopic (exact) mass is 390 g/mol. The maximum absolute atomic E-state index is 12.8. The van der Waals surface area contributed by atoms with E-state index in [1.807, 2.05) is 13.8 Å². The van der Waals surface area contributed by atoms with Gasteiger partial charge in [-0.1, -0.05) is 38.1 Å².